The molecule has 0 unspecified atom stereocenters. The van der Waals surface area contributed by atoms with Crippen LogP contribution < -0.4 is 5.32 Å². The molecule has 6 fully saturated rings. The maximum absolute atomic E-state index is 14.2. The molecule has 6 saturated heterocycles. The maximum Gasteiger partial charge on any atom is 0.410 e. The van der Waals surface area contributed by atoms with Crippen molar-refractivity contribution >= 4 is 6.09 Å². The van der Waals surface area contributed by atoms with Crippen molar-refractivity contribution in [3.05, 3.63) is 70.8 Å². The van der Waals surface area contributed by atoms with Crippen LogP contribution in [0.2, 0.25) is 0 Å². The number of hydrogen-bond donors (Lipinski definition) is 1. The van der Waals surface area contributed by atoms with Gasteiger partial charge < -0.3 is 15.0 Å². The van der Waals surface area contributed by atoms with Crippen molar-refractivity contribution in [1.29, 1.82) is 0 Å². The molecular weight excluding hydrogens is 733 g/mol. The lowest BCUT2D eigenvalue weighted by molar-refractivity contribution is -0.0140. The lowest BCUT2D eigenvalue weighted by atomic mass is 9.94. The summed E-state index contributed by atoms with van der Waals surface area (Å²) in [6, 6.07) is 18.6. The molecule has 57 heavy (non-hydrogen) atoms. The molecule has 0 saturated carbocycles. The molecule has 1 N–H and O–H groups in total. The van der Waals surface area contributed by atoms with Crippen molar-refractivity contribution < 1.29 is 27.1 Å². The molecule has 0 spiro atoms. The number of piperazine rings is 2. The van der Waals surface area contributed by atoms with Crippen LogP contribution >= 0.6 is 0 Å². The summed E-state index contributed by atoms with van der Waals surface area (Å²) >= 11 is 0. The summed E-state index contributed by atoms with van der Waals surface area (Å²) in [5.74, 6) is -5.10. The zero-order valence-electron chi connectivity index (χ0n) is 34.9. The van der Waals surface area contributed by atoms with Crippen molar-refractivity contribution in [3.8, 4) is 0 Å². The van der Waals surface area contributed by atoms with E-state index in [1.165, 1.54) is 22.3 Å². The average Bonchev–Trinajstić information content (AvgIpc) is 3.64. The molecule has 0 aromatic heterocycles. The Hall–Kier alpha value is -2.77. The molecule has 6 aliphatic heterocycles. The largest absolute Gasteiger partial charge is 0.444 e. The third-order valence-corrected chi connectivity index (χ3v) is 13.2. The van der Waals surface area contributed by atoms with E-state index in [2.05, 4.69) is 82.4 Å². The predicted molar refractivity (Wildman–Crippen MR) is 217 cm³/mol. The van der Waals surface area contributed by atoms with Gasteiger partial charge >= 0.3 is 6.09 Å². The molecule has 0 aliphatic carbocycles. The van der Waals surface area contributed by atoms with Crippen LogP contribution in [0.15, 0.2) is 48.5 Å². The first-order valence-electron chi connectivity index (χ1n) is 21.5. The number of ether oxygens (including phenoxy) is 1. The molecule has 2 aromatic carbocycles. The molecule has 6 heterocycles. The Morgan fingerprint density at radius 1 is 0.667 bits per heavy atom. The van der Waals surface area contributed by atoms with E-state index in [1.807, 2.05) is 25.7 Å². The lowest BCUT2D eigenvalue weighted by Crippen LogP contribution is -2.61. The first kappa shape index (κ1) is 42.4. The Labute approximate surface area is 338 Å². The van der Waals surface area contributed by atoms with Gasteiger partial charge in [0.05, 0.1) is 13.1 Å². The molecule has 0 radical (unpaired) electrons. The fourth-order valence-electron chi connectivity index (χ4n) is 10.3. The molecule has 8 nitrogen and oxygen atoms in total. The zero-order chi connectivity index (χ0) is 40.5. The SMILES string of the molecule is Cc1ccc(C[C@H]2CN3CC(F)(F)C[C@H]3CN2C2CCN(C(=O)OC(C)(C)C)CC2)cc1.Cc1ccc(C[C@H]2CN3CC(F)(F)C[C@H]3CN2C2CCNCC2)cc1. The number of likely N-dealkylation sites (tertiary alicyclic amines) is 1. The van der Waals surface area contributed by atoms with Crippen molar-refractivity contribution in [1.82, 2.24) is 29.8 Å². The van der Waals surface area contributed by atoms with Gasteiger partial charge in [-0.25, -0.2) is 22.4 Å². The summed E-state index contributed by atoms with van der Waals surface area (Å²) in [6.45, 7) is 16.0. The van der Waals surface area contributed by atoms with E-state index in [0.717, 1.165) is 64.7 Å². The minimum atomic E-state index is -2.59. The predicted octanol–water partition coefficient (Wildman–Crippen LogP) is 7.01. The summed E-state index contributed by atoms with van der Waals surface area (Å²) in [5.41, 5.74) is 4.56. The quantitative estimate of drug-likeness (QED) is 0.316. The van der Waals surface area contributed by atoms with Crippen LogP contribution in [-0.2, 0) is 17.6 Å². The highest BCUT2D eigenvalue weighted by atomic mass is 19.3. The van der Waals surface area contributed by atoms with Crippen LogP contribution in [0.5, 0.6) is 0 Å². The van der Waals surface area contributed by atoms with E-state index in [9.17, 15) is 22.4 Å². The average molecular weight is 799 g/mol. The Morgan fingerprint density at radius 2 is 1.09 bits per heavy atom. The van der Waals surface area contributed by atoms with E-state index in [1.54, 1.807) is 4.90 Å². The summed E-state index contributed by atoms with van der Waals surface area (Å²) in [5, 5.41) is 3.43. The number of halogens is 4. The fraction of sp³-hybridized carbons (Fsp3) is 0.711. The third kappa shape index (κ3) is 11.1. The molecule has 12 heteroatoms. The minimum absolute atomic E-state index is 0.0270. The summed E-state index contributed by atoms with van der Waals surface area (Å²) in [7, 11) is 0. The Kier molecular flexibility index (Phi) is 13.0. The molecule has 2 aromatic rings. The molecule has 8 rings (SSSR count). The zero-order valence-corrected chi connectivity index (χ0v) is 34.9. The number of nitrogens with zero attached hydrogens (tertiary/aromatic N) is 5. The molecule has 1 amide bonds. The highest BCUT2D eigenvalue weighted by molar-refractivity contribution is 5.68. The number of benzene rings is 2. The second-order valence-corrected chi connectivity index (χ2v) is 19.0. The van der Waals surface area contributed by atoms with Gasteiger partial charge in [-0.3, -0.25) is 19.6 Å². The molecular formula is C45H66F4N6O2. The minimum Gasteiger partial charge on any atom is -0.444 e. The van der Waals surface area contributed by atoms with Gasteiger partial charge in [0.1, 0.15) is 5.60 Å². The van der Waals surface area contributed by atoms with Crippen LogP contribution in [-0.4, -0.2) is 150 Å². The molecule has 0 bridgehead atoms. The number of carbonyl (C=O) groups excluding carboxylic acids is 1. The Bertz CT molecular complexity index is 1620. The van der Waals surface area contributed by atoms with Gasteiger partial charge in [-0.1, -0.05) is 59.7 Å². The van der Waals surface area contributed by atoms with Crippen LogP contribution in [0.4, 0.5) is 22.4 Å². The summed E-state index contributed by atoms with van der Waals surface area (Å²) in [6.07, 6.45) is 5.52. The van der Waals surface area contributed by atoms with E-state index < -0.39 is 17.4 Å². The first-order chi connectivity index (χ1) is 27.0. The molecule has 316 valence electrons. The van der Waals surface area contributed by atoms with Gasteiger partial charge in [0.2, 0.25) is 0 Å². The van der Waals surface area contributed by atoms with E-state index in [-0.39, 0.29) is 50.1 Å². The Morgan fingerprint density at radius 3 is 1.51 bits per heavy atom. The van der Waals surface area contributed by atoms with Gasteiger partial charge in [0.25, 0.3) is 11.8 Å². The van der Waals surface area contributed by atoms with Crippen LogP contribution in [0.1, 0.15) is 81.5 Å². The van der Waals surface area contributed by atoms with Gasteiger partial charge in [0.15, 0.2) is 0 Å². The lowest BCUT2D eigenvalue weighted by Gasteiger charge is -2.49. The third-order valence-electron chi connectivity index (χ3n) is 13.2. The number of hydrogen-bond acceptors (Lipinski definition) is 7. The summed E-state index contributed by atoms with van der Waals surface area (Å²) < 4.78 is 61.8. The number of piperidine rings is 2. The van der Waals surface area contributed by atoms with Gasteiger partial charge in [-0.2, -0.15) is 0 Å². The van der Waals surface area contributed by atoms with Crippen LogP contribution in [0.25, 0.3) is 0 Å². The van der Waals surface area contributed by atoms with E-state index in [4.69, 9.17) is 4.74 Å². The van der Waals surface area contributed by atoms with E-state index in [0.29, 0.717) is 44.3 Å². The maximum atomic E-state index is 14.2. The number of fused-ring (bicyclic) bond motifs is 2. The van der Waals surface area contributed by atoms with Crippen molar-refractivity contribution in [2.45, 2.75) is 140 Å². The normalized spacial score (nSPS) is 29.0. The number of alkyl halides is 4. The fourth-order valence-corrected chi connectivity index (χ4v) is 10.3. The highest BCUT2D eigenvalue weighted by Gasteiger charge is 2.51. The van der Waals surface area contributed by atoms with Crippen molar-refractivity contribution in [2.75, 3.05) is 65.4 Å². The molecule has 6 aliphatic rings. The smallest absolute Gasteiger partial charge is 0.410 e. The second-order valence-electron chi connectivity index (χ2n) is 19.0. The highest BCUT2D eigenvalue weighted by Crippen LogP contribution is 2.39. The van der Waals surface area contributed by atoms with Crippen molar-refractivity contribution in [3.63, 3.8) is 0 Å². The van der Waals surface area contributed by atoms with E-state index >= 15 is 0 Å². The van der Waals surface area contributed by atoms with Crippen LogP contribution in [0.3, 0.4) is 0 Å². The Balaban J connectivity index is 0.000000179. The monoisotopic (exact) mass is 799 g/mol. The summed E-state index contributed by atoms with van der Waals surface area (Å²) in [4.78, 5) is 23.4. The number of nitrogens with one attached hydrogen (secondary N) is 1. The van der Waals surface area contributed by atoms with Crippen molar-refractivity contribution in [2.24, 2.45) is 0 Å². The van der Waals surface area contributed by atoms with Gasteiger partial charge in [0, 0.05) is 88.4 Å². The van der Waals surface area contributed by atoms with Gasteiger partial charge in [-0.15, -0.1) is 0 Å². The van der Waals surface area contributed by atoms with Crippen LogP contribution in [0, 0.1) is 13.8 Å². The number of aryl methyl sites for hydroxylation is 2. The first-order valence-corrected chi connectivity index (χ1v) is 21.5. The topological polar surface area (TPSA) is 54.5 Å². The number of rotatable bonds is 6. The second kappa shape index (κ2) is 17.4. The standard InChI is InChI=1S/C25H37F2N3O2.C20H29F2N3/c1-18-5-7-19(8-6-18)13-21-15-29-17-25(26,27)14-22(29)16-30(21)20-9-11-28(12-10-20)23(31)32-24(2,3)4;1-15-2-4-16(5-3-15)10-18-12-24-14-20(21,22)11-19(24)13-25(18)17-6-8-23-9-7-17/h5-8,20-22H,9-17H2,1-4H3;2-5,17-19,23H,6-14H2,1H3/t21-,22-;18-,19-/m00/s1. The molecule has 4 atom stereocenters. The number of amides is 1. The van der Waals surface area contributed by atoms with Gasteiger partial charge in [-0.05, 0) is 97.4 Å². The number of carbonyl (C=O) groups is 1.